The molecule has 0 bridgehead atoms. The molecule has 4 heterocycles. The Morgan fingerprint density at radius 2 is 1.96 bits per heavy atom. The quantitative estimate of drug-likeness (QED) is 0.590. The molecule has 0 aliphatic heterocycles. The molecular weight excluding hydrogens is 352 g/mol. The third kappa shape index (κ3) is 3.17. The van der Waals surface area contributed by atoms with Crippen molar-refractivity contribution in [1.82, 2.24) is 34.9 Å². The molecule has 0 saturated heterocycles. The molecule has 1 N–H and O–H groups in total. The van der Waals surface area contributed by atoms with Crippen molar-refractivity contribution < 1.29 is 4.79 Å². The van der Waals surface area contributed by atoms with Crippen LogP contribution in [0.3, 0.4) is 0 Å². The molecule has 0 spiro atoms. The molecule has 4 aromatic rings. The fourth-order valence-electron chi connectivity index (χ4n) is 2.23. The van der Waals surface area contributed by atoms with Crippen LogP contribution in [0.25, 0.3) is 17.3 Å². The Morgan fingerprint density at radius 1 is 1.12 bits per heavy atom. The number of aryl methyl sites for hydroxylation is 1. The summed E-state index contributed by atoms with van der Waals surface area (Å²) in [5.41, 5.74) is 2.57. The van der Waals surface area contributed by atoms with Crippen molar-refractivity contribution in [2.24, 2.45) is 0 Å². The standard InChI is InChI=1S/C16H12N8OS/c1-10-4-2-5-11(20-10)12-9-26-16(21-12)22-14(25)13-8-19-23-24(13)15-17-6-3-7-18-15/h2-9H,1H3,(H,21,22,25). The first-order valence-electron chi connectivity index (χ1n) is 7.60. The van der Waals surface area contributed by atoms with Crippen molar-refractivity contribution in [1.29, 1.82) is 0 Å². The molecule has 0 aliphatic carbocycles. The predicted octanol–water partition coefficient (Wildman–Crippen LogP) is 2.14. The summed E-state index contributed by atoms with van der Waals surface area (Å²) < 4.78 is 1.27. The number of pyridine rings is 1. The second-order valence-corrected chi connectivity index (χ2v) is 6.09. The van der Waals surface area contributed by atoms with Gasteiger partial charge in [-0.1, -0.05) is 11.3 Å². The van der Waals surface area contributed by atoms with E-state index in [1.165, 1.54) is 22.2 Å². The maximum atomic E-state index is 12.6. The number of nitrogens with one attached hydrogen (secondary N) is 1. The van der Waals surface area contributed by atoms with E-state index in [1.54, 1.807) is 18.5 Å². The van der Waals surface area contributed by atoms with Crippen LogP contribution >= 0.6 is 11.3 Å². The number of aromatic nitrogens is 7. The zero-order valence-corrected chi connectivity index (χ0v) is 14.4. The van der Waals surface area contributed by atoms with E-state index < -0.39 is 5.91 Å². The van der Waals surface area contributed by atoms with Gasteiger partial charge in [-0.2, -0.15) is 4.68 Å². The molecule has 0 radical (unpaired) electrons. The largest absolute Gasteiger partial charge is 0.296 e. The number of hydrogen-bond acceptors (Lipinski definition) is 8. The summed E-state index contributed by atoms with van der Waals surface area (Å²) in [6.07, 6.45) is 4.48. The third-order valence-corrected chi connectivity index (χ3v) is 4.16. The van der Waals surface area contributed by atoms with Gasteiger partial charge in [0.25, 0.3) is 11.9 Å². The average molecular weight is 364 g/mol. The summed E-state index contributed by atoms with van der Waals surface area (Å²) in [7, 11) is 0. The first kappa shape index (κ1) is 16.0. The normalized spacial score (nSPS) is 10.7. The van der Waals surface area contributed by atoms with Gasteiger partial charge in [0.2, 0.25) is 0 Å². The highest BCUT2D eigenvalue weighted by molar-refractivity contribution is 7.14. The van der Waals surface area contributed by atoms with Crippen LogP contribution in [-0.2, 0) is 0 Å². The van der Waals surface area contributed by atoms with E-state index in [0.29, 0.717) is 10.8 Å². The summed E-state index contributed by atoms with van der Waals surface area (Å²) in [6.45, 7) is 1.92. The first-order chi connectivity index (χ1) is 12.7. The Kier molecular flexibility index (Phi) is 4.15. The van der Waals surface area contributed by atoms with Crippen molar-refractivity contribution in [2.75, 3.05) is 5.32 Å². The van der Waals surface area contributed by atoms with Gasteiger partial charge in [0.15, 0.2) is 10.8 Å². The number of carbonyl (C=O) groups is 1. The third-order valence-electron chi connectivity index (χ3n) is 3.40. The smallest absolute Gasteiger partial charge is 0.277 e. The summed E-state index contributed by atoms with van der Waals surface area (Å²) in [6, 6.07) is 7.38. The van der Waals surface area contributed by atoms with Crippen LogP contribution in [0, 0.1) is 6.92 Å². The van der Waals surface area contributed by atoms with Crippen molar-refractivity contribution >= 4 is 22.4 Å². The highest BCUT2D eigenvalue weighted by Gasteiger charge is 2.18. The second kappa shape index (κ2) is 6.76. The number of rotatable bonds is 4. The van der Waals surface area contributed by atoms with E-state index in [4.69, 9.17) is 0 Å². The number of hydrogen-bond donors (Lipinski definition) is 1. The van der Waals surface area contributed by atoms with Gasteiger partial charge < -0.3 is 0 Å². The fourth-order valence-corrected chi connectivity index (χ4v) is 2.93. The molecule has 9 nitrogen and oxygen atoms in total. The maximum absolute atomic E-state index is 12.6. The van der Waals surface area contributed by atoms with E-state index >= 15 is 0 Å². The van der Waals surface area contributed by atoms with Gasteiger partial charge in [-0.3, -0.25) is 15.1 Å². The van der Waals surface area contributed by atoms with Gasteiger partial charge in [0.1, 0.15) is 5.69 Å². The van der Waals surface area contributed by atoms with Crippen LogP contribution < -0.4 is 5.32 Å². The van der Waals surface area contributed by atoms with Gasteiger partial charge in [-0.05, 0) is 25.1 Å². The molecule has 0 saturated carbocycles. The summed E-state index contributed by atoms with van der Waals surface area (Å²) in [5, 5.41) is 12.7. The lowest BCUT2D eigenvalue weighted by atomic mass is 10.3. The Balaban J connectivity index is 1.56. The molecule has 10 heteroatoms. The van der Waals surface area contributed by atoms with Crippen LogP contribution in [0.1, 0.15) is 16.2 Å². The molecule has 128 valence electrons. The zero-order chi connectivity index (χ0) is 17.9. The summed E-state index contributed by atoms with van der Waals surface area (Å²) >= 11 is 1.31. The van der Waals surface area contributed by atoms with Crippen LogP contribution in [0.5, 0.6) is 0 Å². The molecule has 26 heavy (non-hydrogen) atoms. The second-order valence-electron chi connectivity index (χ2n) is 5.24. The Bertz CT molecular complexity index is 1060. The summed E-state index contributed by atoms with van der Waals surface area (Å²) in [5.74, 6) is -0.139. The Morgan fingerprint density at radius 3 is 2.77 bits per heavy atom. The molecule has 0 atom stereocenters. The predicted molar refractivity (Wildman–Crippen MR) is 95.0 cm³/mol. The lowest BCUT2D eigenvalue weighted by Gasteiger charge is -2.03. The molecule has 0 aromatic carbocycles. The van der Waals surface area contributed by atoms with E-state index in [0.717, 1.165) is 11.4 Å². The van der Waals surface area contributed by atoms with Crippen LogP contribution in [0.2, 0.25) is 0 Å². The van der Waals surface area contributed by atoms with Gasteiger partial charge in [0, 0.05) is 23.5 Å². The Labute approximate surface area is 151 Å². The molecule has 0 aliphatic rings. The van der Waals surface area contributed by atoms with Crippen molar-refractivity contribution in [3.05, 3.63) is 59.6 Å². The minimum absolute atomic E-state index is 0.210. The van der Waals surface area contributed by atoms with Crippen molar-refractivity contribution in [3.8, 4) is 17.3 Å². The van der Waals surface area contributed by atoms with Gasteiger partial charge in [-0.15, -0.1) is 16.4 Å². The van der Waals surface area contributed by atoms with Gasteiger partial charge in [0.05, 0.1) is 11.9 Å². The number of anilines is 1. The van der Waals surface area contributed by atoms with Gasteiger partial charge >= 0.3 is 0 Å². The highest BCUT2D eigenvalue weighted by atomic mass is 32.1. The lowest BCUT2D eigenvalue weighted by Crippen LogP contribution is -2.18. The lowest BCUT2D eigenvalue weighted by molar-refractivity contribution is 0.101. The highest BCUT2D eigenvalue weighted by Crippen LogP contribution is 2.24. The monoisotopic (exact) mass is 364 g/mol. The molecule has 0 unspecified atom stereocenters. The van der Waals surface area contributed by atoms with Crippen LogP contribution in [-0.4, -0.2) is 40.8 Å². The minimum atomic E-state index is -0.402. The van der Waals surface area contributed by atoms with Gasteiger partial charge in [-0.25, -0.2) is 15.0 Å². The number of carbonyl (C=O) groups excluding carboxylic acids is 1. The molecule has 4 rings (SSSR count). The van der Waals surface area contributed by atoms with Crippen molar-refractivity contribution in [3.63, 3.8) is 0 Å². The molecule has 0 fully saturated rings. The Hall–Kier alpha value is -3.53. The molecule has 1 amide bonds. The number of nitrogens with zero attached hydrogens (tertiary/aromatic N) is 7. The van der Waals surface area contributed by atoms with Crippen LogP contribution in [0.15, 0.2) is 48.2 Å². The van der Waals surface area contributed by atoms with Crippen molar-refractivity contribution in [2.45, 2.75) is 6.92 Å². The minimum Gasteiger partial charge on any atom is -0.296 e. The maximum Gasteiger partial charge on any atom is 0.277 e. The molecule has 4 aromatic heterocycles. The fraction of sp³-hybridized carbons (Fsp3) is 0.0625. The molecular formula is C16H12N8OS. The SMILES string of the molecule is Cc1cccc(-c2csc(NC(=O)c3cnnn3-c3ncccn3)n2)n1. The van der Waals surface area contributed by atoms with Crippen LogP contribution in [0.4, 0.5) is 5.13 Å². The topological polar surface area (TPSA) is 111 Å². The van der Waals surface area contributed by atoms with E-state index in [-0.39, 0.29) is 11.6 Å². The van der Waals surface area contributed by atoms with E-state index in [2.05, 4.69) is 35.6 Å². The number of amides is 1. The first-order valence-corrected chi connectivity index (χ1v) is 8.48. The average Bonchev–Trinajstić information content (AvgIpc) is 3.32. The summed E-state index contributed by atoms with van der Waals surface area (Å²) in [4.78, 5) is 29.5. The number of thiazole rings is 1. The zero-order valence-electron chi connectivity index (χ0n) is 13.6. The van der Waals surface area contributed by atoms with E-state index in [9.17, 15) is 4.79 Å². The van der Waals surface area contributed by atoms with E-state index in [1.807, 2.05) is 30.5 Å².